The van der Waals surface area contributed by atoms with Crippen LogP contribution in [0.4, 0.5) is 0 Å². The molecule has 2 nitrogen and oxygen atoms in total. The van der Waals surface area contributed by atoms with Crippen LogP contribution in [-0.4, -0.2) is 0 Å². The van der Waals surface area contributed by atoms with Crippen molar-refractivity contribution in [1.82, 2.24) is 0 Å². The molecule has 0 spiro atoms. The lowest BCUT2D eigenvalue weighted by molar-refractivity contribution is 0.400. The van der Waals surface area contributed by atoms with Crippen molar-refractivity contribution >= 4 is 15.9 Å². The van der Waals surface area contributed by atoms with Crippen molar-refractivity contribution in [3.05, 3.63) is 58.0 Å². The van der Waals surface area contributed by atoms with E-state index in [1.165, 1.54) is 11.1 Å². The molecule has 2 N–H and O–H groups in total. The van der Waals surface area contributed by atoms with Crippen molar-refractivity contribution in [2.75, 3.05) is 0 Å². The third-order valence-electron chi connectivity index (χ3n) is 3.28. The Morgan fingerprint density at radius 2 is 2.12 bits per heavy atom. The summed E-state index contributed by atoms with van der Waals surface area (Å²) in [7, 11) is 0. The van der Waals surface area contributed by atoms with Gasteiger partial charge in [-0.3, -0.25) is 0 Å². The molecule has 2 unspecified atom stereocenters. The third-order valence-corrected chi connectivity index (χ3v) is 3.93. The SMILES string of the molecule is NC(c1occc1Br)C1Cc2ccccc21. The van der Waals surface area contributed by atoms with Crippen molar-refractivity contribution < 1.29 is 4.42 Å². The molecule has 1 aliphatic rings. The van der Waals surface area contributed by atoms with Gasteiger partial charge in [0.2, 0.25) is 0 Å². The van der Waals surface area contributed by atoms with Gasteiger partial charge in [0.25, 0.3) is 0 Å². The summed E-state index contributed by atoms with van der Waals surface area (Å²) in [6, 6.07) is 10.3. The lowest BCUT2D eigenvalue weighted by Crippen LogP contribution is -2.28. The summed E-state index contributed by atoms with van der Waals surface area (Å²) in [4.78, 5) is 0. The van der Waals surface area contributed by atoms with Crippen LogP contribution in [0, 0.1) is 0 Å². The minimum Gasteiger partial charge on any atom is -0.466 e. The normalized spacial score (nSPS) is 20.0. The zero-order valence-corrected chi connectivity index (χ0v) is 10.3. The van der Waals surface area contributed by atoms with Crippen LogP contribution < -0.4 is 5.73 Å². The molecule has 2 aromatic rings. The minimum atomic E-state index is -0.0562. The van der Waals surface area contributed by atoms with Crippen molar-refractivity contribution in [3.63, 3.8) is 0 Å². The Morgan fingerprint density at radius 1 is 1.31 bits per heavy atom. The molecule has 0 saturated carbocycles. The Morgan fingerprint density at radius 3 is 2.81 bits per heavy atom. The zero-order chi connectivity index (χ0) is 11.1. The van der Waals surface area contributed by atoms with Crippen molar-refractivity contribution in [3.8, 4) is 0 Å². The maximum absolute atomic E-state index is 6.24. The van der Waals surface area contributed by atoms with E-state index < -0.39 is 0 Å². The molecular formula is C13H12BrNO. The van der Waals surface area contributed by atoms with Crippen molar-refractivity contribution in [1.29, 1.82) is 0 Å². The van der Waals surface area contributed by atoms with Crippen LogP contribution in [0.1, 0.15) is 28.8 Å². The molecule has 1 heterocycles. The molecule has 0 bridgehead atoms. The van der Waals surface area contributed by atoms with Crippen molar-refractivity contribution in [2.45, 2.75) is 18.4 Å². The summed E-state index contributed by atoms with van der Waals surface area (Å²) in [6.07, 6.45) is 2.72. The third kappa shape index (κ3) is 1.43. The lowest BCUT2D eigenvalue weighted by atomic mass is 9.73. The van der Waals surface area contributed by atoms with Gasteiger partial charge < -0.3 is 10.2 Å². The van der Waals surface area contributed by atoms with Gasteiger partial charge >= 0.3 is 0 Å². The van der Waals surface area contributed by atoms with E-state index in [9.17, 15) is 0 Å². The quantitative estimate of drug-likeness (QED) is 0.914. The van der Waals surface area contributed by atoms with E-state index in [1.54, 1.807) is 6.26 Å². The van der Waals surface area contributed by atoms with Crippen LogP contribution in [-0.2, 0) is 6.42 Å². The van der Waals surface area contributed by atoms with Gasteiger partial charge in [0, 0.05) is 5.92 Å². The highest BCUT2D eigenvalue weighted by Crippen LogP contribution is 2.43. The standard InChI is InChI=1S/C13H12BrNO/c14-11-5-6-16-13(11)12(15)10-7-8-3-1-2-4-9(8)10/h1-6,10,12H,7,15H2. The molecule has 0 saturated heterocycles. The van der Waals surface area contributed by atoms with E-state index in [0.29, 0.717) is 5.92 Å². The van der Waals surface area contributed by atoms with Crippen LogP contribution in [0.3, 0.4) is 0 Å². The summed E-state index contributed by atoms with van der Waals surface area (Å²) in [5, 5.41) is 0. The van der Waals surface area contributed by atoms with E-state index in [0.717, 1.165) is 16.7 Å². The first-order chi connectivity index (χ1) is 7.77. The topological polar surface area (TPSA) is 39.2 Å². The first-order valence-corrected chi connectivity index (χ1v) is 6.13. The molecule has 2 atom stereocenters. The van der Waals surface area contributed by atoms with Crippen LogP contribution in [0.5, 0.6) is 0 Å². The predicted molar refractivity (Wildman–Crippen MR) is 66.2 cm³/mol. The molecule has 0 radical (unpaired) electrons. The fourth-order valence-electron chi connectivity index (χ4n) is 2.34. The maximum Gasteiger partial charge on any atom is 0.135 e. The van der Waals surface area contributed by atoms with E-state index >= 15 is 0 Å². The molecule has 82 valence electrons. The lowest BCUT2D eigenvalue weighted by Gasteiger charge is -2.33. The van der Waals surface area contributed by atoms with Crippen LogP contribution in [0.15, 0.2) is 45.5 Å². The van der Waals surface area contributed by atoms with Crippen LogP contribution in [0.25, 0.3) is 0 Å². The highest BCUT2D eigenvalue weighted by molar-refractivity contribution is 9.10. The zero-order valence-electron chi connectivity index (χ0n) is 8.69. The number of nitrogens with two attached hydrogens (primary N) is 1. The summed E-state index contributed by atoms with van der Waals surface area (Å²) < 4.78 is 6.39. The summed E-state index contributed by atoms with van der Waals surface area (Å²) in [6.45, 7) is 0. The number of benzene rings is 1. The number of hydrogen-bond acceptors (Lipinski definition) is 2. The molecule has 3 rings (SSSR count). The molecule has 16 heavy (non-hydrogen) atoms. The number of furan rings is 1. The number of halogens is 1. The van der Waals surface area contributed by atoms with Crippen LogP contribution in [0.2, 0.25) is 0 Å². The molecular weight excluding hydrogens is 266 g/mol. The largest absolute Gasteiger partial charge is 0.466 e. The van der Waals surface area contributed by atoms with Gasteiger partial charge in [0.1, 0.15) is 5.76 Å². The first kappa shape index (κ1) is 10.1. The predicted octanol–water partition coefficient (Wildman–Crippen LogP) is 3.38. The molecule has 1 aromatic heterocycles. The molecule has 3 heteroatoms. The molecule has 0 amide bonds. The van der Waals surface area contributed by atoms with E-state index in [2.05, 4.69) is 40.2 Å². The van der Waals surface area contributed by atoms with Gasteiger partial charge in [0.05, 0.1) is 16.8 Å². The second-order valence-electron chi connectivity index (χ2n) is 4.17. The number of hydrogen-bond donors (Lipinski definition) is 1. The Bertz CT molecular complexity index is 520. The van der Waals surface area contributed by atoms with Gasteiger partial charge in [-0.25, -0.2) is 0 Å². The Hall–Kier alpha value is -1.06. The molecule has 1 aliphatic carbocycles. The van der Waals surface area contributed by atoms with E-state index in [-0.39, 0.29) is 6.04 Å². The monoisotopic (exact) mass is 277 g/mol. The first-order valence-electron chi connectivity index (χ1n) is 5.33. The summed E-state index contributed by atoms with van der Waals surface area (Å²) in [5.41, 5.74) is 9.00. The smallest absolute Gasteiger partial charge is 0.135 e. The highest BCUT2D eigenvalue weighted by atomic mass is 79.9. The average Bonchev–Trinajstić information content (AvgIpc) is 2.66. The fourth-order valence-corrected chi connectivity index (χ4v) is 2.81. The average molecular weight is 278 g/mol. The Labute approximate surface area is 103 Å². The van der Waals surface area contributed by atoms with E-state index in [4.69, 9.17) is 10.2 Å². The molecule has 0 aliphatic heterocycles. The van der Waals surface area contributed by atoms with Gasteiger partial charge in [0.15, 0.2) is 0 Å². The summed E-state index contributed by atoms with van der Waals surface area (Å²) >= 11 is 3.45. The minimum absolute atomic E-state index is 0.0562. The Kier molecular flexibility index (Phi) is 2.37. The van der Waals surface area contributed by atoms with Gasteiger partial charge in [-0.1, -0.05) is 24.3 Å². The maximum atomic E-state index is 6.24. The molecule has 0 fully saturated rings. The number of rotatable bonds is 2. The fraction of sp³-hybridized carbons (Fsp3) is 0.231. The highest BCUT2D eigenvalue weighted by Gasteiger charge is 2.33. The van der Waals surface area contributed by atoms with Gasteiger partial charge in [-0.05, 0) is 39.5 Å². The van der Waals surface area contributed by atoms with Gasteiger partial charge in [-0.15, -0.1) is 0 Å². The molecule has 1 aromatic carbocycles. The summed E-state index contributed by atoms with van der Waals surface area (Å²) in [5.74, 6) is 1.23. The second-order valence-corrected chi connectivity index (χ2v) is 5.02. The van der Waals surface area contributed by atoms with E-state index in [1.807, 2.05) is 6.07 Å². The Balaban J connectivity index is 1.90. The van der Waals surface area contributed by atoms with Crippen molar-refractivity contribution in [2.24, 2.45) is 5.73 Å². The van der Waals surface area contributed by atoms with Crippen LogP contribution >= 0.6 is 15.9 Å². The second kappa shape index (κ2) is 3.75. The number of fused-ring (bicyclic) bond motifs is 1. The van der Waals surface area contributed by atoms with Gasteiger partial charge in [-0.2, -0.15) is 0 Å².